The van der Waals surface area contributed by atoms with Gasteiger partial charge >= 0.3 is 14.5 Å². The summed E-state index contributed by atoms with van der Waals surface area (Å²) in [6.07, 6.45) is -8.91. The molecule has 0 aliphatic carbocycles. The van der Waals surface area contributed by atoms with Gasteiger partial charge in [0.1, 0.15) is 42.7 Å². The van der Waals surface area contributed by atoms with Gasteiger partial charge < -0.3 is 48.4 Å². The minimum Gasteiger partial charge on any atom is -0.479 e. The molecule has 31 heavy (non-hydrogen) atoms. The molecule has 178 valence electrons. The van der Waals surface area contributed by atoms with Gasteiger partial charge in [0.15, 0.2) is 12.4 Å². The maximum Gasteiger partial charge on any atom is 0.335 e. The maximum absolute atomic E-state index is 11.9. The van der Waals surface area contributed by atoms with Crippen LogP contribution in [0.4, 0.5) is 0 Å². The highest BCUT2D eigenvalue weighted by Gasteiger charge is 2.59. The molecule has 0 aromatic rings. The third kappa shape index (κ3) is 4.94. The zero-order valence-electron chi connectivity index (χ0n) is 18.1. The molecule has 3 aliphatic heterocycles. The normalized spacial score (nSPS) is 44.5. The Balaban J connectivity index is 1.92. The summed E-state index contributed by atoms with van der Waals surface area (Å²) in [6, 6.07) is -0.986. The van der Waals surface area contributed by atoms with Gasteiger partial charge in [0, 0.05) is 14.0 Å². The molecule has 3 aliphatic rings. The fourth-order valence-electron chi connectivity index (χ4n) is 4.35. The van der Waals surface area contributed by atoms with Crippen LogP contribution in [0.25, 0.3) is 0 Å². The highest BCUT2D eigenvalue weighted by molar-refractivity contribution is 6.65. The summed E-state index contributed by atoms with van der Waals surface area (Å²) < 4.78 is 34.9. The van der Waals surface area contributed by atoms with Crippen molar-refractivity contribution in [2.45, 2.75) is 88.1 Å². The van der Waals surface area contributed by atoms with Crippen molar-refractivity contribution in [2.75, 3.05) is 13.7 Å². The molecule has 12 nitrogen and oxygen atoms in total. The monoisotopic (exact) mass is 465 g/mol. The minimum atomic E-state index is -2.55. The van der Waals surface area contributed by atoms with Gasteiger partial charge in [-0.2, -0.15) is 0 Å². The highest BCUT2D eigenvalue weighted by Crippen LogP contribution is 2.38. The van der Waals surface area contributed by atoms with Gasteiger partial charge in [0.25, 0.3) is 0 Å². The molecule has 3 heterocycles. The summed E-state index contributed by atoms with van der Waals surface area (Å²) in [5.41, 5.74) is 0. The number of ether oxygens (including phenoxy) is 4. The average molecular weight is 466 g/mol. The molecular weight excluding hydrogens is 434 g/mol. The third-order valence-electron chi connectivity index (χ3n) is 5.64. The Bertz CT molecular complexity index is 679. The lowest BCUT2D eigenvalue weighted by Crippen LogP contribution is -2.67. The Morgan fingerprint density at radius 3 is 2.32 bits per heavy atom. The molecule has 0 radical (unpaired) electrons. The molecule has 0 spiro atoms. The van der Waals surface area contributed by atoms with Crippen LogP contribution in [0.3, 0.4) is 0 Å². The van der Waals surface area contributed by atoms with Gasteiger partial charge in [0.05, 0.1) is 12.7 Å². The van der Waals surface area contributed by atoms with Crippen molar-refractivity contribution in [3.8, 4) is 0 Å². The lowest BCUT2D eigenvalue weighted by atomic mass is 9.94. The first-order valence-electron chi connectivity index (χ1n) is 10.1. The molecule has 0 aromatic carbocycles. The molecule has 0 aromatic heterocycles. The Hall–Kier alpha value is -1.16. The van der Waals surface area contributed by atoms with Gasteiger partial charge in [-0.25, -0.2) is 4.79 Å². The standard InChI is InChI=1S/C18H31NO11Si/c1-7-12-15(30-31(4,5)29-12)14(16(26-7)17(23)24)28-18-10(19-8(2)21)13(25-3)11(22)9(6-20)27-18/h7,9-16,18,20,22H,6H2,1-5H3,(H,19,21)(H,23,24). The molecule has 0 bridgehead atoms. The fraction of sp³-hybridized carbons (Fsp3) is 0.889. The lowest BCUT2D eigenvalue weighted by molar-refractivity contribution is -0.311. The predicted molar refractivity (Wildman–Crippen MR) is 104 cm³/mol. The van der Waals surface area contributed by atoms with Crippen LogP contribution >= 0.6 is 0 Å². The molecule has 1 amide bonds. The SMILES string of the molecule is COC1C(O)C(CO)OC(OC2C(C(=O)O)OC(C)C3O[Si](C)(C)OC32)C1NC(C)=O. The number of hydrogen-bond acceptors (Lipinski definition) is 10. The van der Waals surface area contributed by atoms with Crippen LogP contribution in [0, 0.1) is 0 Å². The Morgan fingerprint density at radius 2 is 1.77 bits per heavy atom. The zero-order valence-corrected chi connectivity index (χ0v) is 19.1. The first-order valence-corrected chi connectivity index (χ1v) is 12.9. The predicted octanol–water partition coefficient (Wildman–Crippen LogP) is -1.67. The van der Waals surface area contributed by atoms with Crippen molar-refractivity contribution < 1.29 is 52.7 Å². The summed E-state index contributed by atoms with van der Waals surface area (Å²) in [5.74, 6) is -1.69. The Labute approximate surface area is 180 Å². The minimum absolute atomic E-state index is 0.436. The summed E-state index contributed by atoms with van der Waals surface area (Å²) in [6.45, 7) is 6.11. The van der Waals surface area contributed by atoms with E-state index in [9.17, 15) is 24.9 Å². The number of carboxylic acid groups (broad SMARTS) is 1. The average Bonchev–Trinajstić information content (AvgIpc) is 3.01. The first kappa shape index (κ1) is 24.5. The number of carbonyl (C=O) groups excluding carboxylic acids is 1. The number of aliphatic hydroxyl groups is 2. The molecule has 3 fully saturated rings. The number of amides is 1. The van der Waals surface area contributed by atoms with Gasteiger partial charge in [-0.15, -0.1) is 0 Å². The van der Waals surface area contributed by atoms with Crippen molar-refractivity contribution >= 4 is 20.4 Å². The second kappa shape index (κ2) is 9.37. The topological polar surface area (TPSA) is 162 Å². The van der Waals surface area contributed by atoms with Crippen LogP contribution in [-0.2, 0) is 37.4 Å². The van der Waals surface area contributed by atoms with Crippen molar-refractivity contribution in [2.24, 2.45) is 0 Å². The van der Waals surface area contributed by atoms with Crippen LogP contribution in [0.1, 0.15) is 13.8 Å². The number of hydrogen-bond donors (Lipinski definition) is 4. The second-order valence-electron chi connectivity index (χ2n) is 8.41. The smallest absolute Gasteiger partial charge is 0.335 e. The number of aliphatic hydroxyl groups excluding tert-OH is 2. The lowest BCUT2D eigenvalue weighted by Gasteiger charge is -2.47. The number of carbonyl (C=O) groups is 2. The van der Waals surface area contributed by atoms with Crippen molar-refractivity contribution in [1.29, 1.82) is 0 Å². The molecule has 3 rings (SSSR count). The molecule has 3 saturated heterocycles. The van der Waals surface area contributed by atoms with Gasteiger partial charge in [-0.1, -0.05) is 0 Å². The van der Waals surface area contributed by atoms with E-state index in [-0.39, 0.29) is 0 Å². The molecule has 10 unspecified atom stereocenters. The van der Waals surface area contributed by atoms with Crippen LogP contribution in [0.15, 0.2) is 0 Å². The number of rotatable bonds is 6. The van der Waals surface area contributed by atoms with Crippen LogP contribution in [-0.4, -0.2) is 111 Å². The van der Waals surface area contributed by atoms with Gasteiger partial charge in [-0.3, -0.25) is 4.79 Å². The summed E-state index contributed by atoms with van der Waals surface area (Å²) >= 11 is 0. The van der Waals surface area contributed by atoms with Crippen molar-refractivity contribution in [1.82, 2.24) is 5.32 Å². The summed E-state index contributed by atoms with van der Waals surface area (Å²) in [5, 5.41) is 32.4. The second-order valence-corrected chi connectivity index (χ2v) is 11.7. The molecule has 4 N–H and O–H groups in total. The maximum atomic E-state index is 11.9. The van der Waals surface area contributed by atoms with E-state index >= 15 is 0 Å². The highest BCUT2D eigenvalue weighted by atomic mass is 28.4. The molecular formula is C18H31NO11Si. The van der Waals surface area contributed by atoms with Crippen molar-refractivity contribution in [3.63, 3.8) is 0 Å². The number of carboxylic acids is 1. The van der Waals surface area contributed by atoms with E-state index in [2.05, 4.69) is 5.32 Å². The quantitative estimate of drug-likeness (QED) is 0.332. The van der Waals surface area contributed by atoms with E-state index < -0.39 is 88.2 Å². The largest absolute Gasteiger partial charge is 0.479 e. The number of nitrogens with one attached hydrogen (secondary N) is 1. The molecule has 0 saturated carbocycles. The van der Waals surface area contributed by atoms with E-state index in [4.69, 9.17) is 27.8 Å². The Kier molecular flexibility index (Phi) is 7.40. The van der Waals surface area contributed by atoms with E-state index in [1.807, 2.05) is 13.1 Å². The Morgan fingerprint density at radius 1 is 1.13 bits per heavy atom. The van der Waals surface area contributed by atoms with E-state index in [1.54, 1.807) is 6.92 Å². The number of fused-ring (bicyclic) bond motifs is 1. The van der Waals surface area contributed by atoms with Crippen LogP contribution in [0.5, 0.6) is 0 Å². The van der Waals surface area contributed by atoms with E-state index in [1.165, 1.54) is 14.0 Å². The third-order valence-corrected chi connectivity index (χ3v) is 7.32. The van der Waals surface area contributed by atoms with E-state index in [0.29, 0.717) is 0 Å². The van der Waals surface area contributed by atoms with Gasteiger partial charge in [-0.05, 0) is 20.0 Å². The van der Waals surface area contributed by atoms with Crippen LogP contribution in [0.2, 0.25) is 13.1 Å². The van der Waals surface area contributed by atoms with Crippen LogP contribution < -0.4 is 5.32 Å². The van der Waals surface area contributed by atoms with Gasteiger partial charge in [0.2, 0.25) is 5.91 Å². The fourth-order valence-corrected chi connectivity index (χ4v) is 6.31. The summed E-state index contributed by atoms with van der Waals surface area (Å²) in [4.78, 5) is 23.7. The van der Waals surface area contributed by atoms with E-state index in [0.717, 1.165) is 0 Å². The zero-order chi connectivity index (χ0) is 23.1. The summed E-state index contributed by atoms with van der Waals surface area (Å²) in [7, 11) is -1.21. The van der Waals surface area contributed by atoms with Crippen molar-refractivity contribution in [3.05, 3.63) is 0 Å². The molecule has 10 atom stereocenters. The number of methoxy groups -OCH3 is 1. The number of aliphatic carboxylic acids is 1. The molecule has 13 heteroatoms. The first-order chi connectivity index (χ1) is 14.5.